The lowest BCUT2D eigenvalue weighted by atomic mass is 10.0. The average Bonchev–Trinajstić information content (AvgIpc) is 3.17. The Morgan fingerprint density at radius 3 is 2.84 bits per heavy atom. The van der Waals surface area contributed by atoms with Gasteiger partial charge in [0, 0.05) is 26.2 Å². The van der Waals surface area contributed by atoms with Crippen LogP contribution in [0.25, 0.3) is 0 Å². The van der Waals surface area contributed by atoms with Crippen LogP contribution >= 0.6 is 0 Å². The van der Waals surface area contributed by atoms with Gasteiger partial charge in [-0.1, -0.05) is 5.16 Å². The number of piperazine rings is 1. The number of nitrogens with zero attached hydrogens (tertiary/aromatic N) is 3. The van der Waals surface area contributed by atoms with Gasteiger partial charge in [0.15, 0.2) is 5.84 Å². The molecule has 8 heteroatoms. The van der Waals surface area contributed by atoms with Crippen molar-refractivity contribution < 1.29 is 14.8 Å². The van der Waals surface area contributed by atoms with Crippen LogP contribution < -0.4 is 11.1 Å². The number of amidine groups is 1. The van der Waals surface area contributed by atoms with Crippen LogP contribution in [0.1, 0.15) is 12.8 Å². The minimum absolute atomic E-state index is 0.000512. The molecule has 3 fully saturated rings. The molecule has 1 atom stereocenters. The van der Waals surface area contributed by atoms with Gasteiger partial charge in [-0.25, -0.2) is 4.79 Å². The molecule has 104 valence electrons. The fourth-order valence-electron chi connectivity index (χ4n) is 2.89. The van der Waals surface area contributed by atoms with Crippen LogP contribution in [0.2, 0.25) is 0 Å². The van der Waals surface area contributed by atoms with Gasteiger partial charge in [0.25, 0.3) is 0 Å². The van der Waals surface area contributed by atoms with Gasteiger partial charge in [0.05, 0.1) is 6.04 Å². The van der Waals surface area contributed by atoms with E-state index < -0.39 is 5.41 Å². The summed E-state index contributed by atoms with van der Waals surface area (Å²) in [6.45, 7) is 2.12. The Bertz CT molecular complexity index is 459. The van der Waals surface area contributed by atoms with Crippen molar-refractivity contribution >= 4 is 17.8 Å². The number of carbonyl (C=O) groups is 2. The number of nitrogens with one attached hydrogen (secondary N) is 1. The summed E-state index contributed by atoms with van der Waals surface area (Å²) in [6, 6.07) is -0.0250. The third kappa shape index (κ3) is 1.70. The molecule has 2 saturated heterocycles. The van der Waals surface area contributed by atoms with Crippen molar-refractivity contribution in [2.75, 3.05) is 26.2 Å². The Morgan fingerprint density at radius 2 is 2.21 bits per heavy atom. The second kappa shape index (κ2) is 4.01. The zero-order valence-electron chi connectivity index (χ0n) is 10.5. The first kappa shape index (κ1) is 12.1. The fraction of sp³-hybridized carbons (Fsp3) is 0.727. The molecular weight excluding hydrogens is 250 g/mol. The zero-order valence-corrected chi connectivity index (χ0v) is 10.5. The van der Waals surface area contributed by atoms with Crippen molar-refractivity contribution in [3.8, 4) is 0 Å². The van der Waals surface area contributed by atoms with E-state index in [1.54, 1.807) is 9.80 Å². The number of carbonyl (C=O) groups excluding carboxylic acids is 2. The Kier molecular flexibility index (Phi) is 2.54. The smallest absolute Gasteiger partial charge is 0.317 e. The predicted octanol–water partition coefficient (Wildman–Crippen LogP) is -1.25. The Labute approximate surface area is 110 Å². The van der Waals surface area contributed by atoms with E-state index in [1.807, 2.05) is 0 Å². The van der Waals surface area contributed by atoms with Gasteiger partial charge in [0.1, 0.15) is 5.41 Å². The van der Waals surface area contributed by atoms with E-state index in [4.69, 9.17) is 10.9 Å². The first-order valence-corrected chi connectivity index (χ1v) is 6.40. The summed E-state index contributed by atoms with van der Waals surface area (Å²) in [5.74, 6) is -0.0812. The minimum atomic E-state index is -0.799. The molecule has 3 aliphatic rings. The van der Waals surface area contributed by atoms with Crippen LogP contribution in [0.3, 0.4) is 0 Å². The molecule has 3 rings (SSSR count). The van der Waals surface area contributed by atoms with E-state index >= 15 is 0 Å². The van der Waals surface area contributed by atoms with Crippen molar-refractivity contribution in [3.63, 3.8) is 0 Å². The fourth-order valence-corrected chi connectivity index (χ4v) is 2.89. The number of hydrogen-bond acceptors (Lipinski definition) is 4. The van der Waals surface area contributed by atoms with Gasteiger partial charge >= 0.3 is 6.03 Å². The summed E-state index contributed by atoms with van der Waals surface area (Å²) in [6.07, 6.45) is 1.26. The second-order valence-electron chi connectivity index (χ2n) is 5.35. The number of rotatable bonds is 2. The maximum Gasteiger partial charge on any atom is 0.317 e. The molecule has 1 unspecified atom stereocenters. The molecule has 0 radical (unpaired) electrons. The minimum Gasteiger partial charge on any atom is -0.409 e. The quantitative estimate of drug-likeness (QED) is 0.251. The Morgan fingerprint density at radius 1 is 1.47 bits per heavy atom. The van der Waals surface area contributed by atoms with Crippen molar-refractivity contribution in [3.05, 3.63) is 0 Å². The van der Waals surface area contributed by atoms with Gasteiger partial charge in [0.2, 0.25) is 5.91 Å². The second-order valence-corrected chi connectivity index (χ2v) is 5.35. The maximum absolute atomic E-state index is 12.5. The van der Waals surface area contributed by atoms with E-state index in [2.05, 4.69) is 10.5 Å². The third-order valence-corrected chi connectivity index (χ3v) is 4.28. The van der Waals surface area contributed by atoms with Crippen molar-refractivity contribution in [2.24, 2.45) is 16.3 Å². The molecule has 0 spiro atoms. The molecule has 3 amide bonds. The van der Waals surface area contributed by atoms with E-state index in [-0.39, 0.29) is 23.8 Å². The summed E-state index contributed by atoms with van der Waals surface area (Å²) < 4.78 is 0. The molecule has 19 heavy (non-hydrogen) atoms. The van der Waals surface area contributed by atoms with Gasteiger partial charge in [-0.05, 0) is 12.8 Å². The predicted molar refractivity (Wildman–Crippen MR) is 65.5 cm³/mol. The van der Waals surface area contributed by atoms with Crippen LogP contribution in [0.4, 0.5) is 4.79 Å². The lowest BCUT2D eigenvalue weighted by Crippen LogP contribution is -2.56. The first-order valence-electron chi connectivity index (χ1n) is 6.40. The number of amides is 3. The molecule has 1 aliphatic carbocycles. The SMILES string of the molecule is NC(=NO)C1(C(=O)N2CCN3C(=O)NCC3C2)CC1. The summed E-state index contributed by atoms with van der Waals surface area (Å²) in [5.41, 5.74) is 4.83. The topological polar surface area (TPSA) is 111 Å². The van der Waals surface area contributed by atoms with Gasteiger partial charge in [-0.3, -0.25) is 4.79 Å². The van der Waals surface area contributed by atoms with Crippen molar-refractivity contribution in [1.29, 1.82) is 0 Å². The van der Waals surface area contributed by atoms with Crippen LogP contribution in [0.5, 0.6) is 0 Å². The molecule has 2 heterocycles. The highest BCUT2D eigenvalue weighted by Crippen LogP contribution is 2.47. The summed E-state index contributed by atoms with van der Waals surface area (Å²) in [5, 5.41) is 14.5. The number of hydrogen-bond donors (Lipinski definition) is 3. The zero-order chi connectivity index (χ0) is 13.6. The van der Waals surface area contributed by atoms with Crippen LogP contribution in [0.15, 0.2) is 5.16 Å². The molecule has 0 aromatic carbocycles. The number of nitrogens with two attached hydrogens (primary N) is 1. The van der Waals surface area contributed by atoms with Crippen LogP contribution in [-0.4, -0.2) is 65.0 Å². The largest absolute Gasteiger partial charge is 0.409 e. The van der Waals surface area contributed by atoms with E-state index in [0.717, 1.165) is 0 Å². The Balaban J connectivity index is 1.71. The maximum atomic E-state index is 12.5. The van der Waals surface area contributed by atoms with Crippen molar-refractivity contribution in [1.82, 2.24) is 15.1 Å². The molecule has 0 bridgehead atoms. The summed E-state index contributed by atoms with van der Waals surface area (Å²) >= 11 is 0. The van der Waals surface area contributed by atoms with Crippen LogP contribution in [-0.2, 0) is 4.79 Å². The molecule has 1 saturated carbocycles. The molecule has 2 aliphatic heterocycles. The van der Waals surface area contributed by atoms with Gasteiger partial charge in [-0.2, -0.15) is 0 Å². The molecule has 4 N–H and O–H groups in total. The van der Waals surface area contributed by atoms with Crippen molar-refractivity contribution in [2.45, 2.75) is 18.9 Å². The summed E-state index contributed by atoms with van der Waals surface area (Å²) in [7, 11) is 0. The molecular formula is C11H17N5O3. The molecule has 0 aromatic rings. The monoisotopic (exact) mass is 267 g/mol. The van der Waals surface area contributed by atoms with Gasteiger partial charge < -0.3 is 26.1 Å². The van der Waals surface area contributed by atoms with E-state index in [0.29, 0.717) is 39.0 Å². The normalized spacial score (nSPS) is 28.9. The highest BCUT2D eigenvalue weighted by atomic mass is 16.4. The number of fused-ring (bicyclic) bond motifs is 1. The number of oxime groups is 1. The highest BCUT2D eigenvalue weighted by molar-refractivity contribution is 6.09. The standard InChI is InChI=1S/C11H17N5O3/c12-8(14-19)11(1-2-11)9(17)15-3-4-16-7(6-15)5-13-10(16)18/h7,19H,1-6H2,(H2,12,14)(H,13,18). The average molecular weight is 267 g/mol. The van der Waals surface area contributed by atoms with Crippen LogP contribution in [0, 0.1) is 5.41 Å². The number of urea groups is 1. The highest BCUT2D eigenvalue weighted by Gasteiger charge is 2.56. The van der Waals surface area contributed by atoms with Gasteiger partial charge in [-0.15, -0.1) is 0 Å². The summed E-state index contributed by atoms with van der Waals surface area (Å²) in [4.78, 5) is 27.5. The molecule has 8 nitrogen and oxygen atoms in total. The lowest BCUT2D eigenvalue weighted by Gasteiger charge is -2.37. The third-order valence-electron chi connectivity index (χ3n) is 4.28. The lowest BCUT2D eigenvalue weighted by molar-refractivity contribution is -0.136. The first-order chi connectivity index (χ1) is 9.08. The van der Waals surface area contributed by atoms with E-state index in [9.17, 15) is 9.59 Å². The molecule has 0 aromatic heterocycles. The van der Waals surface area contributed by atoms with E-state index in [1.165, 1.54) is 0 Å². The Hall–Kier alpha value is -1.99.